The van der Waals surface area contributed by atoms with E-state index in [2.05, 4.69) is 63.8 Å². The Balaban J connectivity index is 2.36. The molecule has 0 N–H and O–H groups in total. The average Bonchev–Trinajstić information content (AvgIpc) is 2.59. The molecular formula is C24H29N. The highest BCUT2D eigenvalue weighted by Crippen LogP contribution is 2.39. The molecule has 1 heteroatoms. The Labute approximate surface area is 156 Å². The lowest BCUT2D eigenvalue weighted by atomic mass is 9.93. The number of anilines is 1. The summed E-state index contributed by atoms with van der Waals surface area (Å²) in [4.78, 5) is 2.37. The van der Waals surface area contributed by atoms with Gasteiger partial charge in [-0.05, 0) is 69.9 Å². The molecule has 0 unspecified atom stereocenters. The third-order valence-corrected chi connectivity index (χ3v) is 4.58. The van der Waals surface area contributed by atoms with Crippen LogP contribution >= 0.6 is 0 Å². The van der Waals surface area contributed by atoms with Gasteiger partial charge in [-0.25, -0.2) is 0 Å². The van der Waals surface area contributed by atoms with Crippen LogP contribution in [0.25, 0.3) is 21.9 Å². The van der Waals surface area contributed by atoms with Gasteiger partial charge in [-0.1, -0.05) is 54.1 Å². The van der Waals surface area contributed by atoms with Crippen LogP contribution in [-0.2, 0) is 0 Å². The van der Waals surface area contributed by atoms with Crippen LogP contribution in [0.1, 0.15) is 44.3 Å². The van der Waals surface area contributed by atoms with Crippen LogP contribution in [0.4, 0.5) is 5.69 Å². The zero-order valence-corrected chi connectivity index (χ0v) is 15.8. The van der Waals surface area contributed by atoms with E-state index in [1.165, 1.54) is 0 Å². The van der Waals surface area contributed by atoms with Gasteiger partial charge in [0, 0.05) is 26.9 Å². The molecule has 130 valence electrons. The van der Waals surface area contributed by atoms with Crippen molar-refractivity contribution in [3.8, 4) is 11.1 Å². The third-order valence-electron chi connectivity index (χ3n) is 4.58. The highest BCUT2D eigenvalue weighted by Gasteiger charge is 2.26. The largest absolute Gasteiger partial charge is 0.364 e. The minimum atomic E-state index is -2.14. The molecule has 0 saturated heterocycles. The second-order valence-corrected chi connectivity index (χ2v) is 7.89. The quantitative estimate of drug-likeness (QED) is 0.507. The Morgan fingerprint density at radius 1 is 0.880 bits per heavy atom. The molecule has 25 heavy (non-hydrogen) atoms. The van der Waals surface area contributed by atoms with E-state index in [0.29, 0.717) is 5.56 Å². The Bertz CT molecular complexity index is 976. The Morgan fingerprint density at radius 3 is 2.28 bits per heavy atom. The Kier molecular flexibility index (Phi) is 3.66. The zero-order valence-electron chi connectivity index (χ0n) is 18.8. The van der Waals surface area contributed by atoms with Gasteiger partial charge in [-0.15, -0.1) is 0 Å². The molecule has 0 aliphatic rings. The first kappa shape index (κ1) is 13.9. The van der Waals surface area contributed by atoms with Crippen molar-refractivity contribution in [2.24, 2.45) is 0 Å². The molecule has 0 fully saturated rings. The summed E-state index contributed by atoms with van der Waals surface area (Å²) in [6, 6.07) is 20.3. The van der Waals surface area contributed by atoms with Gasteiger partial charge in [0.15, 0.2) is 0 Å². The van der Waals surface area contributed by atoms with Crippen molar-refractivity contribution >= 4 is 16.5 Å². The summed E-state index contributed by atoms with van der Waals surface area (Å²) in [6.07, 6.45) is 0. The van der Waals surface area contributed by atoms with Gasteiger partial charge in [0.25, 0.3) is 0 Å². The first-order valence-corrected chi connectivity index (χ1v) is 8.92. The summed E-state index contributed by atoms with van der Waals surface area (Å²) >= 11 is 0. The van der Waals surface area contributed by atoms with Crippen LogP contribution < -0.4 is 4.90 Å². The predicted octanol–water partition coefficient (Wildman–Crippen LogP) is 6.83. The maximum absolute atomic E-state index is 7.90. The van der Waals surface area contributed by atoms with Gasteiger partial charge in [-0.2, -0.15) is 0 Å². The van der Waals surface area contributed by atoms with Crippen molar-refractivity contribution in [2.75, 3.05) is 4.90 Å². The van der Waals surface area contributed by atoms with Crippen LogP contribution in [0.15, 0.2) is 60.7 Å². The second kappa shape index (κ2) is 6.55. The predicted molar refractivity (Wildman–Crippen MR) is 111 cm³/mol. The monoisotopic (exact) mass is 334 g/mol. The van der Waals surface area contributed by atoms with Gasteiger partial charge in [-0.3, -0.25) is 0 Å². The topological polar surface area (TPSA) is 3.24 Å². The first-order chi connectivity index (χ1) is 13.0. The highest BCUT2D eigenvalue weighted by molar-refractivity contribution is 5.99. The lowest BCUT2D eigenvalue weighted by Gasteiger charge is -2.42. The summed E-state index contributed by atoms with van der Waals surface area (Å²) in [5.74, 6) is 0. The van der Waals surface area contributed by atoms with E-state index in [9.17, 15) is 0 Å². The molecular weight excluding hydrogens is 302 g/mol. The number of rotatable bonds is 3. The van der Waals surface area contributed by atoms with Gasteiger partial charge in [0.2, 0.25) is 0 Å². The number of hydrogen-bond donors (Lipinski definition) is 0. The summed E-state index contributed by atoms with van der Waals surface area (Å²) in [5, 5.41) is 2.28. The molecule has 0 aromatic heterocycles. The van der Waals surface area contributed by atoms with Crippen LogP contribution in [0.2, 0.25) is 0 Å². The molecule has 0 aliphatic heterocycles. The lowest BCUT2D eigenvalue weighted by molar-refractivity contribution is 0.465. The van der Waals surface area contributed by atoms with Crippen molar-refractivity contribution in [1.29, 1.82) is 0 Å². The maximum Gasteiger partial charge on any atom is 0.0452 e. The standard InChI is InChI=1S/C24H29N/c1-17(2)25(24(4,5)6)23-15-14-18(3)16-22(23)21-13-9-11-19-10-7-8-12-20(19)21/h7-17H,1-6H3/i3D3. The Hall–Kier alpha value is -2.28. The fourth-order valence-corrected chi connectivity index (χ4v) is 3.84. The van der Waals surface area contributed by atoms with Crippen molar-refractivity contribution < 1.29 is 4.11 Å². The van der Waals surface area contributed by atoms with Gasteiger partial charge < -0.3 is 4.90 Å². The van der Waals surface area contributed by atoms with E-state index in [1.54, 1.807) is 6.07 Å². The van der Waals surface area contributed by atoms with Gasteiger partial charge >= 0.3 is 0 Å². The molecule has 3 aromatic rings. The number of aryl methyl sites for hydroxylation is 1. The summed E-state index contributed by atoms with van der Waals surface area (Å²) in [7, 11) is 0. The van der Waals surface area contributed by atoms with E-state index < -0.39 is 6.85 Å². The number of fused-ring (bicyclic) bond motifs is 1. The minimum Gasteiger partial charge on any atom is -0.364 e. The van der Waals surface area contributed by atoms with Crippen LogP contribution in [0, 0.1) is 6.85 Å². The van der Waals surface area contributed by atoms with E-state index in [-0.39, 0.29) is 11.6 Å². The van der Waals surface area contributed by atoms with E-state index >= 15 is 0 Å². The van der Waals surface area contributed by atoms with Crippen molar-refractivity contribution in [3.05, 3.63) is 66.2 Å². The molecule has 0 radical (unpaired) electrons. The van der Waals surface area contributed by atoms with E-state index in [0.717, 1.165) is 27.6 Å². The normalized spacial score (nSPS) is 14.2. The molecule has 0 heterocycles. The number of benzene rings is 3. The molecule has 0 aliphatic carbocycles. The fourth-order valence-electron chi connectivity index (χ4n) is 3.84. The molecule has 0 bridgehead atoms. The molecule has 0 atom stereocenters. The maximum atomic E-state index is 7.90. The molecule has 0 spiro atoms. The molecule has 1 nitrogen and oxygen atoms in total. The van der Waals surface area contributed by atoms with Crippen LogP contribution in [0.5, 0.6) is 0 Å². The first-order valence-electron chi connectivity index (χ1n) is 10.4. The van der Waals surface area contributed by atoms with Crippen molar-refractivity contribution in [3.63, 3.8) is 0 Å². The number of nitrogens with zero attached hydrogens (tertiary/aromatic N) is 1. The third kappa shape index (κ3) is 3.42. The lowest BCUT2D eigenvalue weighted by Crippen LogP contribution is -2.46. The van der Waals surface area contributed by atoms with Gasteiger partial charge in [0.05, 0.1) is 0 Å². The number of hydrogen-bond acceptors (Lipinski definition) is 1. The zero-order chi connectivity index (χ0) is 20.7. The van der Waals surface area contributed by atoms with Crippen LogP contribution in [0.3, 0.4) is 0 Å². The molecule has 3 rings (SSSR count). The van der Waals surface area contributed by atoms with E-state index in [1.807, 2.05) is 30.3 Å². The van der Waals surface area contributed by atoms with E-state index in [4.69, 9.17) is 4.11 Å². The van der Waals surface area contributed by atoms with Crippen LogP contribution in [-0.4, -0.2) is 11.6 Å². The summed E-state index contributed by atoms with van der Waals surface area (Å²) < 4.78 is 23.7. The fraction of sp³-hybridized carbons (Fsp3) is 0.333. The SMILES string of the molecule is [2H]C([2H])([2H])c1ccc(N(C(C)C)C(C)(C)C)c(-c2cccc3ccccc23)c1. The second-order valence-electron chi connectivity index (χ2n) is 7.89. The molecule has 0 amide bonds. The van der Waals surface area contributed by atoms with Crippen molar-refractivity contribution in [2.45, 2.75) is 53.1 Å². The molecule has 3 aromatic carbocycles. The smallest absolute Gasteiger partial charge is 0.0452 e. The van der Waals surface area contributed by atoms with Gasteiger partial charge in [0.1, 0.15) is 0 Å². The molecule has 0 saturated carbocycles. The highest BCUT2D eigenvalue weighted by atomic mass is 15.2. The Morgan fingerprint density at radius 2 is 1.60 bits per heavy atom. The van der Waals surface area contributed by atoms with Crippen molar-refractivity contribution in [1.82, 2.24) is 0 Å². The average molecular weight is 335 g/mol. The summed E-state index contributed by atoms with van der Waals surface area (Å²) in [6.45, 7) is 8.79. The minimum absolute atomic E-state index is 0.102. The summed E-state index contributed by atoms with van der Waals surface area (Å²) in [5.41, 5.74) is 3.36.